The second kappa shape index (κ2) is 10.8. The Balaban J connectivity index is 0.000000614. The minimum Gasteiger partial charge on any atom is -0.0622 e. The average molecular weight is 415 g/mol. The molecule has 0 saturated carbocycles. The lowest BCUT2D eigenvalue weighted by molar-refractivity contribution is 0.411. The molecule has 0 amide bonds. The molecular weight excluding hydrogens is 372 g/mol. The van der Waals surface area contributed by atoms with E-state index in [1.54, 1.807) is 0 Å². The van der Waals surface area contributed by atoms with Crippen molar-refractivity contribution in [1.82, 2.24) is 0 Å². The minimum atomic E-state index is 0.302. The van der Waals surface area contributed by atoms with Crippen LogP contribution in [0.5, 0.6) is 0 Å². The van der Waals surface area contributed by atoms with Crippen LogP contribution < -0.4 is 0 Å². The van der Waals surface area contributed by atoms with E-state index >= 15 is 0 Å². The third-order valence-electron chi connectivity index (χ3n) is 4.82. The highest BCUT2D eigenvalue weighted by atomic mass is 14.2. The highest BCUT2D eigenvalue weighted by molar-refractivity contribution is 5.38. The standard InChI is InChI=1S/C26H30.C5H12/c1-20-10-8-14-23(16-20)25(18-21-11-6-5-7-12-21)24-15-9-13-22(17-24)19-26(2,3)4;1-5(2,3)4/h5-17,25H,18-19H2,1-4H3;1-4H3. The van der Waals surface area contributed by atoms with Gasteiger partial charge in [-0.1, -0.05) is 133 Å². The van der Waals surface area contributed by atoms with Crippen molar-refractivity contribution in [2.75, 3.05) is 0 Å². The molecule has 0 aliphatic carbocycles. The summed E-state index contributed by atoms with van der Waals surface area (Å²) in [6.45, 7) is 17.9. The summed E-state index contributed by atoms with van der Waals surface area (Å²) in [6.07, 6.45) is 2.13. The van der Waals surface area contributed by atoms with Gasteiger partial charge in [0.15, 0.2) is 0 Å². The number of hydrogen-bond donors (Lipinski definition) is 0. The fourth-order valence-electron chi connectivity index (χ4n) is 3.70. The molecule has 0 bridgehead atoms. The van der Waals surface area contributed by atoms with Crippen LogP contribution in [0.2, 0.25) is 0 Å². The fourth-order valence-corrected chi connectivity index (χ4v) is 3.70. The molecule has 0 radical (unpaired) electrons. The van der Waals surface area contributed by atoms with E-state index in [-0.39, 0.29) is 0 Å². The summed E-state index contributed by atoms with van der Waals surface area (Å²) in [5, 5.41) is 0. The van der Waals surface area contributed by atoms with Crippen LogP contribution in [0.3, 0.4) is 0 Å². The number of hydrogen-bond acceptors (Lipinski definition) is 0. The molecule has 166 valence electrons. The van der Waals surface area contributed by atoms with Crippen LogP contribution in [-0.2, 0) is 12.8 Å². The summed E-state index contributed by atoms with van der Waals surface area (Å²) in [5.41, 5.74) is 7.77. The van der Waals surface area contributed by atoms with Crippen molar-refractivity contribution in [3.05, 3.63) is 107 Å². The van der Waals surface area contributed by atoms with Crippen LogP contribution in [-0.4, -0.2) is 0 Å². The molecule has 0 N–H and O–H groups in total. The van der Waals surface area contributed by atoms with Crippen molar-refractivity contribution < 1.29 is 0 Å². The summed E-state index contributed by atoms with van der Waals surface area (Å²) >= 11 is 0. The van der Waals surface area contributed by atoms with Gasteiger partial charge in [-0.3, -0.25) is 0 Å². The van der Waals surface area contributed by atoms with Crippen LogP contribution in [0.25, 0.3) is 0 Å². The maximum atomic E-state index is 2.42. The normalized spacial score (nSPS) is 12.6. The fraction of sp³-hybridized carbons (Fsp3) is 0.419. The van der Waals surface area contributed by atoms with Crippen LogP contribution in [0.4, 0.5) is 0 Å². The molecule has 0 fully saturated rings. The largest absolute Gasteiger partial charge is 0.0622 e. The van der Waals surface area contributed by atoms with Crippen LogP contribution in [0.15, 0.2) is 78.9 Å². The Kier molecular flexibility index (Phi) is 8.69. The number of rotatable bonds is 5. The lowest BCUT2D eigenvalue weighted by atomic mass is 9.82. The Morgan fingerprint density at radius 2 is 1.13 bits per heavy atom. The molecule has 0 aliphatic heterocycles. The van der Waals surface area contributed by atoms with Gasteiger partial charge in [0.2, 0.25) is 0 Å². The van der Waals surface area contributed by atoms with E-state index in [1.807, 2.05) is 0 Å². The summed E-state index contributed by atoms with van der Waals surface area (Å²) in [4.78, 5) is 0. The Labute approximate surface area is 191 Å². The molecule has 3 aromatic rings. The highest BCUT2D eigenvalue weighted by Gasteiger charge is 2.17. The predicted octanol–water partition coefficient (Wildman–Crippen LogP) is 9.01. The van der Waals surface area contributed by atoms with E-state index in [4.69, 9.17) is 0 Å². The molecule has 0 heterocycles. The summed E-state index contributed by atoms with van der Waals surface area (Å²) in [7, 11) is 0. The Bertz CT molecular complexity index is 914. The second-order valence-corrected chi connectivity index (χ2v) is 11.6. The van der Waals surface area contributed by atoms with Gasteiger partial charge in [-0.15, -0.1) is 0 Å². The quantitative estimate of drug-likeness (QED) is 0.390. The van der Waals surface area contributed by atoms with Gasteiger partial charge in [0.05, 0.1) is 0 Å². The molecule has 3 aromatic carbocycles. The van der Waals surface area contributed by atoms with E-state index in [2.05, 4.69) is 134 Å². The maximum absolute atomic E-state index is 2.42. The van der Waals surface area contributed by atoms with Crippen molar-refractivity contribution in [3.8, 4) is 0 Å². The number of benzene rings is 3. The van der Waals surface area contributed by atoms with Gasteiger partial charge in [-0.2, -0.15) is 0 Å². The summed E-state index contributed by atoms with van der Waals surface area (Å²) < 4.78 is 0. The Morgan fingerprint density at radius 1 is 0.613 bits per heavy atom. The van der Waals surface area contributed by atoms with Gasteiger partial charge in [0, 0.05) is 5.92 Å². The first-order valence-corrected chi connectivity index (χ1v) is 11.6. The van der Waals surface area contributed by atoms with Crippen LogP contribution >= 0.6 is 0 Å². The van der Waals surface area contributed by atoms with Gasteiger partial charge < -0.3 is 0 Å². The SMILES string of the molecule is CC(C)(C)C.Cc1cccc(C(Cc2ccccc2)c2cccc(CC(C)(C)C)c2)c1. The van der Waals surface area contributed by atoms with Gasteiger partial charge in [0.1, 0.15) is 0 Å². The molecule has 0 heteroatoms. The van der Waals surface area contributed by atoms with Gasteiger partial charge in [-0.05, 0) is 52.8 Å². The zero-order chi connectivity index (χ0) is 23.1. The molecule has 0 spiro atoms. The Hall–Kier alpha value is -2.34. The van der Waals surface area contributed by atoms with E-state index in [9.17, 15) is 0 Å². The first-order chi connectivity index (χ1) is 14.4. The van der Waals surface area contributed by atoms with E-state index in [0.29, 0.717) is 16.7 Å². The third kappa shape index (κ3) is 10.0. The van der Waals surface area contributed by atoms with E-state index in [0.717, 1.165) is 12.8 Å². The van der Waals surface area contributed by atoms with Crippen LogP contribution in [0.1, 0.15) is 82.2 Å². The van der Waals surface area contributed by atoms with Gasteiger partial charge in [-0.25, -0.2) is 0 Å². The Morgan fingerprint density at radius 3 is 1.68 bits per heavy atom. The molecule has 0 aromatic heterocycles. The molecule has 0 nitrogen and oxygen atoms in total. The summed E-state index contributed by atoms with van der Waals surface area (Å²) in [6, 6.07) is 29.0. The lowest BCUT2D eigenvalue weighted by Crippen LogP contribution is -2.10. The lowest BCUT2D eigenvalue weighted by Gasteiger charge is -2.22. The average Bonchev–Trinajstić information content (AvgIpc) is 2.64. The zero-order valence-corrected chi connectivity index (χ0v) is 21.0. The minimum absolute atomic E-state index is 0.302. The van der Waals surface area contributed by atoms with Crippen molar-refractivity contribution in [2.45, 2.75) is 74.1 Å². The first kappa shape index (κ1) is 24.9. The van der Waals surface area contributed by atoms with Gasteiger partial charge in [0.25, 0.3) is 0 Å². The molecule has 1 atom stereocenters. The first-order valence-electron chi connectivity index (χ1n) is 11.6. The monoisotopic (exact) mass is 414 g/mol. The third-order valence-corrected chi connectivity index (χ3v) is 4.82. The van der Waals surface area contributed by atoms with Crippen molar-refractivity contribution in [2.24, 2.45) is 10.8 Å². The van der Waals surface area contributed by atoms with Crippen LogP contribution in [0, 0.1) is 17.8 Å². The topological polar surface area (TPSA) is 0 Å². The van der Waals surface area contributed by atoms with Crippen molar-refractivity contribution >= 4 is 0 Å². The molecule has 31 heavy (non-hydrogen) atoms. The number of aryl methyl sites for hydroxylation is 1. The molecule has 1 unspecified atom stereocenters. The van der Waals surface area contributed by atoms with E-state index < -0.39 is 0 Å². The molecular formula is C31H42. The van der Waals surface area contributed by atoms with Crippen molar-refractivity contribution in [1.29, 1.82) is 0 Å². The smallest absolute Gasteiger partial charge is 0.0130 e. The molecule has 0 aliphatic rings. The molecule has 0 saturated heterocycles. The van der Waals surface area contributed by atoms with E-state index in [1.165, 1.54) is 27.8 Å². The molecule has 3 rings (SSSR count). The predicted molar refractivity (Wildman–Crippen MR) is 138 cm³/mol. The second-order valence-electron chi connectivity index (χ2n) is 11.6. The summed E-state index contributed by atoms with van der Waals surface area (Å²) in [5.74, 6) is 0.386. The van der Waals surface area contributed by atoms with Gasteiger partial charge >= 0.3 is 0 Å². The maximum Gasteiger partial charge on any atom is 0.0130 e. The zero-order valence-electron chi connectivity index (χ0n) is 21.0. The highest BCUT2D eigenvalue weighted by Crippen LogP contribution is 2.31. The van der Waals surface area contributed by atoms with Crippen molar-refractivity contribution in [3.63, 3.8) is 0 Å².